The lowest BCUT2D eigenvalue weighted by Gasteiger charge is -2.19. The predicted molar refractivity (Wildman–Crippen MR) is 45.9 cm³/mol. The summed E-state index contributed by atoms with van der Waals surface area (Å²) in [5.74, 6) is 0. The highest BCUT2D eigenvalue weighted by Gasteiger charge is 2.08. The minimum atomic E-state index is 0.310. The molecular formula is C8H15N3. The minimum absolute atomic E-state index is 0.310. The van der Waals surface area contributed by atoms with Gasteiger partial charge in [0.2, 0.25) is 0 Å². The van der Waals surface area contributed by atoms with E-state index in [0.717, 1.165) is 6.54 Å². The van der Waals surface area contributed by atoms with E-state index in [1.807, 2.05) is 10.9 Å². The molecule has 3 nitrogen and oxygen atoms in total. The zero-order valence-electron chi connectivity index (χ0n) is 7.33. The SMILES string of the molecule is CC(C)(C)CNn1ccnc1. The van der Waals surface area contributed by atoms with Crippen LogP contribution in [-0.4, -0.2) is 16.2 Å². The molecule has 0 radical (unpaired) electrons. The zero-order chi connectivity index (χ0) is 8.32. The maximum Gasteiger partial charge on any atom is 0.114 e. The summed E-state index contributed by atoms with van der Waals surface area (Å²) in [7, 11) is 0. The van der Waals surface area contributed by atoms with Gasteiger partial charge in [0.25, 0.3) is 0 Å². The molecule has 0 saturated heterocycles. The molecule has 0 aromatic carbocycles. The second-order valence-corrected chi connectivity index (χ2v) is 3.87. The Morgan fingerprint density at radius 1 is 1.45 bits per heavy atom. The fraction of sp³-hybridized carbons (Fsp3) is 0.625. The quantitative estimate of drug-likeness (QED) is 0.697. The van der Waals surface area contributed by atoms with Crippen molar-refractivity contribution in [3.8, 4) is 0 Å². The highest BCUT2D eigenvalue weighted by Crippen LogP contribution is 2.10. The third kappa shape index (κ3) is 3.07. The van der Waals surface area contributed by atoms with Crippen molar-refractivity contribution in [3.63, 3.8) is 0 Å². The first-order valence-corrected chi connectivity index (χ1v) is 3.80. The molecule has 1 aromatic heterocycles. The summed E-state index contributed by atoms with van der Waals surface area (Å²) in [6, 6.07) is 0. The smallest absolute Gasteiger partial charge is 0.114 e. The van der Waals surface area contributed by atoms with Crippen LogP contribution in [0.2, 0.25) is 0 Å². The maximum atomic E-state index is 3.92. The van der Waals surface area contributed by atoms with Gasteiger partial charge in [0.1, 0.15) is 6.33 Å². The summed E-state index contributed by atoms with van der Waals surface area (Å²) in [6.07, 6.45) is 5.41. The molecule has 0 amide bonds. The Morgan fingerprint density at radius 3 is 2.64 bits per heavy atom. The van der Waals surface area contributed by atoms with Gasteiger partial charge in [-0.15, -0.1) is 0 Å². The third-order valence-electron chi connectivity index (χ3n) is 1.30. The largest absolute Gasteiger partial charge is 0.324 e. The van der Waals surface area contributed by atoms with Crippen molar-refractivity contribution >= 4 is 0 Å². The highest BCUT2D eigenvalue weighted by atomic mass is 15.4. The van der Waals surface area contributed by atoms with Crippen LogP contribution in [0.25, 0.3) is 0 Å². The van der Waals surface area contributed by atoms with Crippen molar-refractivity contribution < 1.29 is 0 Å². The Morgan fingerprint density at radius 2 is 2.18 bits per heavy atom. The Labute approximate surface area is 67.4 Å². The van der Waals surface area contributed by atoms with Crippen LogP contribution in [0.3, 0.4) is 0 Å². The second-order valence-electron chi connectivity index (χ2n) is 3.87. The Kier molecular flexibility index (Phi) is 2.17. The molecule has 11 heavy (non-hydrogen) atoms. The van der Waals surface area contributed by atoms with E-state index < -0.39 is 0 Å². The molecule has 0 saturated carbocycles. The van der Waals surface area contributed by atoms with Crippen LogP contribution in [0.4, 0.5) is 0 Å². The normalized spacial score (nSPS) is 11.5. The number of rotatable bonds is 2. The molecule has 0 aliphatic carbocycles. The molecule has 0 fully saturated rings. The number of aromatic nitrogens is 2. The molecule has 0 unspecified atom stereocenters. The van der Waals surface area contributed by atoms with E-state index >= 15 is 0 Å². The van der Waals surface area contributed by atoms with E-state index in [1.54, 1.807) is 12.5 Å². The van der Waals surface area contributed by atoms with Crippen LogP contribution in [0.5, 0.6) is 0 Å². The van der Waals surface area contributed by atoms with Gasteiger partial charge in [0, 0.05) is 18.9 Å². The molecule has 1 rings (SSSR count). The molecule has 1 N–H and O–H groups in total. The fourth-order valence-electron chi connectivity index (χ4n) is 0.681. The minimum Gasteiger partial charge on any atom is -0.324 e. The van der Waals surface area contributed by atoms with E-state index in [9.17, 15) is 0 Å². The Hall–Kier alpha value is -0.990. The molecular weight excluding hydrogens is 138 g/mol. The summed E-state index contributed by atoms with van der Waals surface area (Å²) in [4.78, 5) is 3.92. The average Bonchev–Trinajstić information content (AvgIpc) is 2.32. The first-order valence-electron chi connectivity index (χ1n) is 3.80. The van der Waals surface area contributed by atoms with Crippen molar-refractivity contribution in [1.29, 1.82) is 0 Å². The van der Waals surface area contributed by atoms with Crippen molar-refractivity contribution in [2.75, 3.05) is 12.0 Å². The van der Waals surface area contributed by atoms with Crippen LogP contribution in [0, 0.1) is 5.41 Å². The van der Waals surface area contributed by atoms with Crippen LogP contribution >= 0.6 is 0 Å². The van der Waals surface area contributed by atoms with Crippen LogP contribution in [-0.2, 0) is 0 Å². The first-order chi connectivity index (χ1) is 5.08. The van der Waals surface area contributed by atoms with Crippen molar-refractivity contribution in [1.82, 2.24) is 9.66 Å². The lowest BCUT2D eigenvalue weighted by Crippen LogP contribution is -2.25. The summed E-state index contributed by atoms with van der Waals surface area (Å²) < 4.78 is 1.87. The average molecular weight is 153 g/mol. The van der Waals surface area contributed by atoms with Crippen LogP contribution in [0.1, 0.15) is 20.8 Å². The summed E-state index contributed by atoms with van der Waals surface area (Å²) in [6.45, 7) is 7.52. The lowest BCUT2D eigenvalue weighted by molar-refractivity contribution is 0.426. The van der Waals surface area contributed by atoms with Gasteiger partial charge in [-0.1, -0.05) is 20.8 Å². The van der Waals surface area contributed by atoms with Gasteiger partial charge in [-0.3, -0.25) is 4.68 Å². The van der Waals surface area contributed by atoms with E-state index in [0.29, 0.717) is 5.41 Å². The standard InChI is InChI=1S/C8H15N3/c1-8(2,3)6-10-11-5-4-9-7-11/h4-5,7,10H,6H2,1-3H3. The predicted octanol–water partition coefficient (Wildman–Crippen LogP) is 1.47. The van der Waals surface area contributed by atoms with E-state index in [2.05, 4.69) is 31.2 Å². The van der Waals surface area contributed by atoms with E-state index in [1.165, 1.54) is 0 Å². The highest BCUT2D eigenvalue weighted by molar-refractivity contribution is 4.82. The molecule has 1 heterocycles. The van der Waals surface area contributed by atoms with Crippen molar-refractivity contribution in [2.24, 2.45) is 5.41 Å². The Bertz CT molecular complexity index is 196. The number of hydrogen-bond acceptors (Lipinski definition) is 2. The fourth-order valence-corrected chi connectivity index (χ4v) is 0.681. The number of hydrogen-bond donors (Lipinski definition) is 1. The monoisotopic (exact) mass is 153 g/mol. The molecule has 0 spiro atoms. The van der Waals surface area contributed by atoms with Crippen LogP contribution < -0.4 is 5.43 Å². The van der Waals surface area contributed by atoms with Gasteiger partial charge in [0.15, 0.2) is 0 Å². The first kappa shape index (κ1) is 8.11. The summed E-state index contributed by atoms with van der Waals surface area (Å²) in [5.41, 5.74) is 3.53. The molecule has 0 bridgehead atoms. The van der Waals surface area contributed by atoms with Gasteiger partial charge >= 0.3 is 0 Å². The number of nitrogens with zero attached hydrogens (tertiary/aromatic N) is 2. The van der Waals surface area contributed by atoms with Crippen molar-refractivity contribution in [3.05, 3.63) is 18.7 Å². The maximum absolute atomic E-state index is 3.92. The van der Waals surface area contributed by atoms with Crippen LogP contribution in [0.15, 0.2) is 18.7 Å². The van der Waals surface area contributed by atoms with E-state index in [4.69, 9.17) is 0 Å². The lowest BCUT2D eigenvalue weighted by atomic mass is 9.97. The topological polar surface area (TPSA) is 29.9 Å². The molecule has 1 aromatic rings. The molecule has 0 aliphatic heterocycles. The van der Waals surface area contributed by atoms with Gasteiger partial charge in [0.05, 0.1) is 0 Å². The van der Waals surface area contributed by atoms with Gasteiger partial charge < -0.3 is 5.43 Å². The van der Waals surface area contributed by atoms with Crippen molar-refractivity contribution in [2.45, 2.75) is 20.8 Å². The number of imidazole rings is 1. The summed E-state index contributed by atoms with van der Waals surface area (Å²) >= 11 is 0. The van der Waals surface area contributed by atoms with E-state index in [-0.39, 0.29) is 0 Å². The molecule has 0 atom stereocenters. The number of nitrogens with one attached hydrogen (secondary N) is 1. The second kappa shape index (κ2) is 2.95. The molecule has 62 valence electrons. The Balaban J connectivity index is 2.35. The van der Waals surface area contributed by atoms with Gasteiger partial charge in [-0.2, -0.15) is 0 Å². The molecule has 3 heteroatoms. The van der Waals surface area contributed by atoms with Gasteiger partial charge in [-0.25, -0.2) is 4.98 Å². The third-order valence-corrected chi connectivity index (χ3v) is 1.30. The van der Waals surface area contributed by atoms with Gasteiger partial charge in [-0.05, 0) is 5.41 Å². The molecule has 0 aliphatic rings. The summed E-state index contributed by atoms with van der Waals surface area (Å²) in [5, 5.41) is 0. The zero-order valence-corrected chi connectivity index (χ0v) is 7.33.